The van der Waals surface area contributed by atoms with E-state index in [1.807, 2.05) is 32.0 Å². The van der Waals surface area contributed by atoms with Crippen LogP contribution in [0.2, 0.25) is 0 Å². The van der Waals surface area contributed by atoms with Crippen LogP contribution in [0.25, 0.3) is 11.2 Å². The van der Waals surface area contributed by atoms with Crippen molar-refractivity contribution in [3.63, 3.8) is 0 Å². The molecule has 0 saturated heterocycles. The van der Waals surface area contributed by atoms with Crippen LogP contribution in [0.1, 0.15) is 19.9 Å². The molecule has 0 fully saturated rings. The number of nitrogens with one attached hydrogen (secondary N) is 1. The number of carbonyl (C=O) groups is 1. The van der Waals surface area contributed by atoms with E-state index >= 15 is 0 Å². The largest absolute Gasteiger partial charge is 0.418 e. The summed E-state index contributed by atoms with van der Waals surface area (Å²) in [4.78, 5) is 20.0. The summed E-state index contributed by atoms with van der Waals surface area (Å²) in [5.41, 5.74) is 1.50. The summed E-state index contributed by atoms with van der Waals surface area (Å²) in [5.74, 6) is 0.0744. The minimum atomic E-state index is -0.648. The summed E-state index contributed by atoms with van der Waals surface area (Å²) in [6.45, 7) is 3.91. The first-order valence-electron chi connectivity index (χ1n) is 6.75. The van der Waals surface area contributed by atoms with Crippen molar-refractivity contribution in [1.82, 2.24) is 25.0 Å². The van der Waals surface area contributed by atoms with E-state index < -0.39 is 6.09 Å². The maximum Gasteiger partial charge on any atom is 0.418 e. The molecule has 8 heteroatoms. The molecule has 3 rings (SSSR count). The number of amides is 1. The molecule has 0 unspecified atom stereocenters. The number of aromatic nitrogens is 5. The van der Waals surface area contributed by atoms with Gasteiger partial charge in [0.15, 0.2) is 11.2 Å². The van der Waals surface area contributed by atoms with Crippen LogP contribution in [-0.4, -0.2) is 31.1 Å². The minimum Gasteiger partial charge on any atom is -0.388 e. The highest BCUT2D eigenvalue weighted by Gasteiger charge is 2.16. The number of rotatable bonds is 3. The Morgan fingerprint density at radius 1 is 1.23 bits per heavy atom. The van der Waals surface area contributed by atoms with Gasteiger partial charge in [-0.2, -0.15) is 4.98 Å². The van der Waals surface area contributed by atoms with Gasteiger partial charge in [-0.05, 0) is 26.0 Å². The molecule has 0 aliphatic heterocycles. The Balaban J connectivity index is 1.83. The van der Waals surface area contributed by atoms with E-state index in [9.17, 15) is 4.79 Å². The van der Waals surface area contributed by atoms with Crippen molar-refractivity contribution in [2.75, 3.05) is 5.32 Å². The van der Waals surface area contributed by atoms with Crippen molar-refractivity contribution in [2.45, 2.75) is 19.9 Å². The summed E-state index contributed by atoms with van der Waals surface area (Å²) in [6.07, 6.45) is 0.667. The van der Waals surface area contributed by atoms with Gasteiger partial charge >= 0.3 is 6.09 Å². The number of hydrogen-bond acceptors (Lipinski definition) is 6. The molecule has 0 atom stereocenters. The summed E-state index contributed by atoms with van der Waals surface area (Å²) in [5, 5.41) is 10.6. The van der Waals surface area contributed by atoms with Crippen molar-refractivity contribution in [3.8, 4) is 5.88 Å². The van der Waals surface area contributed by atoms with Gasteiger partial charge in [-0.3, -0.25) is 5.32 Å². The third-order valence-corrected chi connectivity index (χ3v) is 2.93. The number of nitrogens with zero attached hydrogens (tertiary/aromatic N) is 5. The molecule has 2 heterocycles. The van der Waals surface area contributed by atoms with E-state index in [-0.39, 0.29) is 11.9 Å². The van der Waals surface area contributed by atoms with Crippen molar-refractivity contribution >= 4 is 22.9 Å². The molecular formula is C14H14N6O2. The maximum absolute atomic E-state index is 11.9. The van der Waals surface area contributed by atoms with Gasteiger partial charge in [-0.15, -0.1) is 5.10 Å². The lowest BCUT2D eigenvalue weighted by molar-refractivity contribution is 0.214. The quantitative estimate of drug-likeness (QED) is 0.798. The number of para-hydroxylation sites is 1. The topological polar surface area (TPSA) is 94.8 Å². The SMILES string of the molecule is CC(C)n1nnc2c(OC(=O)Nc3ccccc3)ncnc21. The van der Waals surface area contributed by atoms with E-state index in [1.54, 1.807) is 16.8 Å². The van der Waals surface area contributed by atoms with Crippen LogP contribution in [-0.2, 0) is 0 Å². The van der Waals surface area contributed by atoms with E-state index in [4.69, 9.17) is 4.74 Å². The van der Waals surface area contributed by atoms with Crippen LogP contribution in [0.5, 0.6) is 5.88 Å². The van der Waals surface area contributed by atoms with Gasteiger partial charge in [0, 0.05) is 5.69 Å². The van der Waals surface area contributed by atoms with Crippen molar-refractivity contribution in [3.05, 3.63) is 36.7 Å². The van der Waals surface area contributed by atoms with Crippen molar-refractivity contribution in [2.24, 2.45) is 0 Å². The molecular weight excluding hydrogens is 284 g/mol. The fourth-order valence-corrected chi connectivity index (χ4v) is 1.92. The van der Waals surface area contributed by atoms with Crippen LogP contribution in [0, 0.1) is 0 Å². The van der Waals surface area contributed by atoms with Gasteiger partial charge in [0.1, 0.15) is 6.33 Å². The van der Waals surface area contributed by atoms with Crippen LogP contribution in [0.4, 0.5) is 10.5 Å². The Morgan fingerprint density at radius 2 is 2.00 bits per heavy atom. The molecule has 0 saturated carbocycles. The van der Waals surface area contributed by atoms with Crippen LogP contribution >= 0.6 is 0 Å². The lowest BCUT2D eigenvalue weighted by Crippen LogP contribution is -2.17. The molecule has 2 aromatic heterocycles. The second-order valence-electron chi connectivity index (χ2n) is 4.86. The van der Waals surface area contributed by atoms with E-state index in [0.29, 0.717) is 16.9 Å². The number of hydrogen-bond donors (Lipinski definition) is 1. The highest BCUT2D eigenvalue weighted by atomic mass is 16.6. The Bertz CT molecular complexity index is 799. The van der Waals surface area contributed by atoms with Crippen molar-refractivity contribution < 1.29 is 9.53 Å². The second-order valence-corrected chi connectivity index (χ2v) is 4.86. The fourth-order valence-electron chi connectivity index (χ4n) is 1.92. The predicted octanol–water partition coefficient (Wildman–Crippen LogP) is 2.41. The summed E-state index contributed by atoms with van der Waals surface area (Å²) < 4.78 is 6.85. The molecule has 22 heavy (non-hydrogen) atoms. The zero-order valence-corrected chi connectivity index (χ0v) is 12.1. The van der Waals surface area contributed by atoms with E-state index in [2.05, 4.69) is 25.6 Å². The third kappa shape index (κ3) is 2.71. The summed E-state index contributed by atoms with van der Waals surface area (Å²) in [6, 6.07) is 9.08. The van der Waals surface area contributed by atoms with Gasteiger partial charge in [0.05, 0.1) is 6.04 Å². The summed E-state index contributed by atoms with van der Waals surface area (Å²) >= 11 is 0. The molecule has 0 radical (unpaired) electrons. The molecule has 112 valence electrons. The maximum atomic E-state index is 11.9. The number of carbonyl (C=O) groups excluding carboxylic acids is 1. The minimum absolute atomic E-state index is 0.0744. The van der Waals surface area contributed by atoms with Gasteiger partial charge in [-0.25, -0.2) is 14.5 Å². The van der Waals surface area contributed by atoms with E-state index in [1.165, 1.54) is 6.33 Å². The lowest BCUT2D eigenvalue weighted by atomic mass is 10.3. The summed E-state index contributed by atoms with van der Waals surface area (Å²) in [7, 11) is 0. The van der Waals surface area contributed by atoms with Crippen molar-refractivity contribution in [1.29, 1.82) is 0 Å². The van der Waals surface area contributed by atoms with Crippen LogP contribution < -0.4 is 10.1 Å². The molecule has 1 aromatic carbocycles. The predicted molar refractivity (Wildman–Crippen MR) is 79.6 cm³/mol. The van der Waals surface area contributed by atoms with Crippen LogP contribution in [0.3, 0.4) is 0 Å². The zero-order valence-electron chi connectivity index (χ0n) is 12.1. The first-order chi connectivity index (χ1) is 10.6. The molecule has 1 amide bonds. The Labute approximate surface area is 126 Å². The second kappa shape index (κ2) is 5.76. The van der Waals surface area contributed by atoms with Gasteiger partial charge in [0.2, 0.25) is 0 Å². The number of benzene rings is 1. The third-order valence-electron chi connectivity index (χ3n) is 2.93. The Hall–Kier alpha value is -3.03. The standard InChI is InChI=1S/C14H14N6O2/c1-9(2)20-12-11(18-19-20)13(16-8-15-12)22-14(21)17-10-6-4-3-5-7-10/h3-9H,1-2H3,(H,17,21). The highest BCUT2D eigenvalue weighted by Crippen LogP contribution is 2.20. The number of anilines is 1. The normalized spacial score (nSPS) is 10.9. The smallest absolute Gasteiger partial charge is 0.388 e. The van der Waals surface area contributed by atoms with Gasteiger partial charge < -0.3 is 4.74 Å². The average molecular weight is 298 g/mol. The molecule has 8 nitrogen and oxygen atoms in total. The number of ether oxygens (including phenoxy) is 1. The monoisotopic (exact) mass is 298 g/mol. The first kappa shape index (κ1) is 13.9. The number of fused-ring (bicyclic) bond motifs is 1. The fraction of sp³-hybridized carbons (Fsp3) is 0.214. The van der Waals surface area contributed by atoms with Gasteiger partial charge in [0.25, 0.3) is 5.88 Å². The zero-order chi connectivity index (χ0) is 15.5. The van der Waals surface area contributed by atoms with E-state index in [0.717, 1.165) is 0 Å². The molecule has 0 spiro atoms. The Morgan fingerprint density at radius 3 is 2.73 bits per heavy atom. The van der Waals surface area contributed by atoms with Gasteiger partial charge in [-0.1, -0.05) is 23.4 Å². The lowest BCUT2D eigenvalue weighted by Gasteiger charge is -2.06. The van der Waals surface area contributed by atoms with Crippen LogP contribution in [0.15, 0.2) is 36.7 Å². The average Bonchev–Trinajstić information content (AvgIpc) is 2.93. The molecule has 0 aliphatic carbocycles. The first-order valence-corrected chi connectivity index (χ1v) is 6.75. The Kier molecular flexibility index (Phi) is 3.65. The molecule has 3 aromatic rings. The molecule has 0 bridgehead atoms. The molecule has 0 aliphatic rings. The highest BCUT2D eigenvalue weighted by molar-refractivity contribution is 5.88. The molecule has 1 N–H and O–H groups in total.